The van der Waals surface area contributed by atoms with Crippen molar-refractivity contribution in [2.24, 2.45) is 0 Å². The lowest BCUT2D eigenvalue weighted by atomic mass is 10.0. The number of alkyl carbamates (subject to hydrolysis) is 1. The standard InChI is InChI=1S/C28H35N5O9/c1-28(2)41-22-21(40-24(23(22)42-28)33-14-12-20(34)32-26(33)36)19(15-29)30-13-8-7-11-18(25(35)38-3)31-27(37)39-16-17-9-5-4-6-10-17/h4-6,9-10,12,14,18-19,21-24,30H,7-8,11,13,16H2,1-3H3,(H,31,37)(H,32,34,36)/t18-,19-,21+,22+,23+,24+/m0/s1. The SMILES string of the molecule is COC(=O)[C@H](CCCCN[C@@H](C#N)[C@H]1O[C@@H](n2ccc(=O)[nH]c2=O)[C@@H]2OC(C)(C)O[C@@H]21)NC(=O)OCc1ccccc1. The number of aromatic amines is 1. The van der Waals surface area contributed by atoms with Crippen molar-refractivity contribution in [1.29, 1.82) is 5.26 Å². The molecule has 2 fully saturated rings. The van der Waals surface area contributed by atoms with E-state index in [0.29, 0.717) is 25.8 Å². The summed E-state index contributed by atoms with van der Waals surface area (Å²) in [4.78, 5) is 50.7. The molecule has 4 rings (SSSR count). The molecule has 0 aliphatic carbocycles. The van der Waals surface area contributed by atoms with Crippen molar-refractivity contribution >= 4 is 12.1 Å². The number of ether oxygens (including phenoxy) is 5. The van der Waals surface area contributed by atoms with Gasteiger partial charge < -0.3 is 29.0 Å². The maximum atomic E-state index is 12.4. The van der Waals surface area contributed by atoms with Gasteiger partial charge in [-0.1, -0.05) is 30.3 Å². The Morgan fingerprint density at radius 1 is 1.14 bits per heavy atom. The number of H-pyrrole nitrogens is 1. The van der Waals surface area contributed by atoms with Crippen LogP contribution in [-0.2, 0) is 35.1 Å². The molecule has 14 nitrogen and oxygen atoms in total. The highest BCUT2D eigenvalue weighted by molar-refractivity contribution is 5.81. The van der Waals surface area contributed by atoms with E-state index in [-0.39, 0.29) is 6.61 Å². The molecule has 1 aromatic carbocycles. The van der Waals surface area contributed by atoms with Crippen molar-refractivity contribution in [3.8, 4) is 6.07 Å². The van der Waals surface area contributed by atoms with Gasteiger partial charge in [0.25, 0.3) is 5.56 Å². The topological polar surface area (TPSA) is 183 Å². The normalized spacial score (nSPS) is 23.8. The first kappa shape index (κ1) is 30.9. The fraction of sp³-hybridized carbons (Fsp3) is 0.536. The van der Waals surface area contributed by atoms with Gasteiger partial charge in [0.15, 0.2) is 12.0 Å². The number of nitrogens with one attached hydrogen (secondary N) is 3. The maximum Gasteiger partial charge on any atom is 0.408 e. The molecule has 0 bridgehead atoms. The van der Waals surface area contributed by atoms with Crippen LogP contribution in [0.25, 0.3) is 0 Å². The molecule has 226 valence electrons. The van der Waals surface area contributed by atoms with Crippen LogP contribution in [0.5, 0.6) is 0 Å². The van der Waals surface area contributed by atoms with Crippen molar-refractivity contribution in [1.82, 2.24) is 20.2 Å². The van der Waals surface area contributed by atoms with E-state index in [1.807, 2.05) is 30.3 Å². The minimum Gasteiger partial charge on any atom is -0.467 e. The summed E-state index contributed by atoms with van der Waals surface area (Å²) < 4.78 is 29.4. The predicted molar refractivity (Wildman–Crippen MR) is 146 cm³/mol. The van der Waals surface area contributed by atoms with Crippen LogP contribution in [0.2, 0.25) is 0 Å². The van der Waals surface area contributed by atoms with E-state index in [1.165, 1.54) is 23.9 Å². The van der Waals surface area contributed by atoms with Gasteiger partial charge >= 0.3 is 17.8 Å². The van der Waals surface area contributed by atoms with Gasteiger partial charge in [-0.05, 0) is 45.2 Å². The molecule has 0 radical (unpaired) electrons. The van der Waals surface area contributed by atoms with Crippen molar-refractivity contribution in [3.63, 3.8) is 0 Å². The molecule has 1 aromatic heterocycles. The second kappa shape index (κ2) is 13.8. The molecule has 0 saturated carbocycles. The van der Waals surface area contributed by atoms with E-state index in [4.69, 9.17) is 23.7 Å². The Morgan fingerprint density at radius 2 is 1.88 bits per heavy atom. The number of methoxy groups -OCH3 is 1. The van der Waals surface area contributed by atoms with E-state index in [0.717, 1.165) is 5.56 Å². The molecule has 0 spiro atoms. The first-order valence-electron chi connectivity index (χ1n) is 13.6. The number of hydrogen-bond acceptors (Lipinski definition) is 11. The summed E-state index contributed by atoms with van der Waals surface area (Å²) in [6.07, 6.45) is -1.11. The molecular weight excluding hydrogens is 550 g/mol. The van der Waals surface area contributed by atoms with Crippen molar-refractivity contribution < 1.29 is 33.3 Å². The Labute approximate surface area is 241 Å². The van der Waals surface area contributed by atoms with Crippen LogP contribution in [0.15, 0.2) is 52.2 Å². The molecule has 2 saturated heterocycles. The number of nitriles is 1. The van der Waals surface area contributed by atoms with E-state index in [2.05, 4.69) is 21.7 Å². The fourth-order valence-electron chi connectivity index (χ4n) is 4.99. The van der Waals surface area contributed by atoms with Gasteiger partial charge in [0.2, 0.25) is 0 Å². The summed E-state index contributed by atoms with van der Waals surface area (Å²) in [7, 11) is 1.24. The molecule has 2 aliphatic heterocycles. The van der Waals surface area contributed by atoms with E-state index in [9.17, 15) is 24.4 Å². The van der Waals surface area contributed by atoms with E-state index >= 15 is 0 Å². The highest BCUT2D eigenvalue weighted by atomic mass is 16.8. The number of nitrogens with zero attached hydrogens (tertiary/aromatic N) is 2. The summed E-state index contributed by atoms with van der Waals surface area (Å²) in [5.41, 5.74) is -0.399. The molecule has 6 atom stereocenters. The molecule has 0 unspecified atom stereocenters. The average Bonchev–Trinajstić information content (AvgIpc) is 3.46. The summed E-state index contributed by atoms with van der Waals surface area (Å²) in [5, 5.41) is 15.6. The number of amides is 1. The van der Waals surface area contributed by atoms with E-state index < -0.39 is 65.7 Å². The number of benzene rings is 1. The van der Waals surface area contributed by atoms with Gasteiger partial charge in [-0.25, -0.2) is 14.4 Å². The van der Waals surface area contributed by atoms with Crippen LogP contribution >= 0.6 is 0 Å². The number of rotatable bonds is 12. The number of carbonyl (C=O) groups is 2. The van der Waals surface area contributed by atoms with Crippen LogP contribution < -0.4 is 21.9 Å². The zero-order chi connectivity index (χ0) is 30.3. The monoisotopic (exact) mass is 585 g/mol. The van der Waals surface area contributed by atoms with Gasteiger partial charge in [-0.2, -0.15) is 5.26 Å². The highest BCUT2D eigenvalue weighted by Gasteiger charge is 2.58. The largest absolute Gasteiger partial charge is 0.467 e. The van der Waals surface area contributed by atoms with Crippen LogP contribution in [-0.4, -0.2) is 71.5 Å². The molecule has 3 heterocycles. The van der Waals surface area contributed by atoms with Crippen LogP contribution in [0, 0.1) is 11.3 Å². The Hall–Kier alpha value is -4.03. The smallest absolute Gasteiger partial charge is 0.408 e. The van der Waals surface area contributed by atoms with Gasteiger partial charge in [0, 0.05) is 12.3 Å². The van der Waals surface area contributed by atoms with Crippen LogP contribution in [0.1, 0.15) is 44.9 Å². The third-order valence-corrected chi connectivity index (χ3v) is 6.93. The number of carbonyl (C=O) groups excluding carboxylic acids is 2. The summed E-state index contributed by atoms with van der Waals surface area (Å²) in [6, 6.07) is 10.8. The van der Waals surface area contributed by atoms with Gasteiger partial charge in [0.05, 0.1) is 13.2 Å². The van der Waals surface area contributed by atoms with Gasteiger partial charge in [-0.3, -0.25) is 19.7 Å². The molecule has 1 amide bonds. The van der Waals surface area contributed by atoms with Crippen molar-refractivity contribution in [3.05, 3.63) is 69.0 Å². The maximum absolute atomic E-state index is 12.4. The van der Waals surface area contributed by atoms with Crippen LogP contribution in [0.3, 0.4) is 0 Å². The molecule has 3 N–H and O–H groups in total. The average molecular weight is 586 g/mol. The van der Waals surface area contributed by atoms with E-state index in [1.54, 1.807) is 13.8 Å². The zero-order valence-corrected chi connectivity index (χ0v) is 23.6. The molecule has 2 aliphatic rings. The molecule has 42 heavy (non-hydrogen) atoms. The second-order valence-corrected chi connectivity index (χ2v) is 10.4. The summed E-state index contributed by atoms with van der Waals surface area (Å²) in [6.45, 7) is 3.91. The molecule has 2 aromatic rings. The quantitative estimate of drug-likeness (QED) is 0.239. The Balaban J connectivity index is 1.30. The summed E-state index contributed by atoms with van der Waals surface area (Å²) >= 11 is 0. The number of unbranched alkanes of at least 4 members (excludes halogenated alkanes) is 1. The third-order valence-electron chi connectivity index (χ3n) is 6.93. The minimum atomic E-state index is -0.973. The number of hydrogen-bond donors (Lipinski definition) is 3. The third kappa shape index (κ3) is 7.62. The first-order chi connectivity index (χ1) is 20.1. The summed E-state index contributed by atoms with van der Waals surface area (Å²) in [5.74, 6) is -1.57. The Bertz CT molecular complexity index is 1390. The Morgan fingerprint density at radius 3 is 2.57 bits per heavy atom. The van der Waals surface area contributed by atoms with Crippen molar-refractivity contribution in [2.45, 2.75) is 82.1 Å². The van der Waals surface area contributed by atoms with Gasteiger partial charge in [-0.15, -0.1) is 0 Å². The molecule has 14 heteroatoms. The predicted octanol–water partition coefficient (Wildman–Crippen LogP) is 1.07. The highest BCUT2D eigenvalue weighted by Crippen LogP contribution is 2.43. The Kier molecular flexibility index (Phi) is 10.1. The number of fused-ring (bicyclic) bond motifs is 1. The second-order valence-electron chi connectivity index (χ2n) is 10.4. The lowest BCUT2D eigenvalue weighted by molar-refractivity contribution is -0.198. The number of esters is 1. The van der Waals surface area contributed by atoms with Gasteiger partial charge in [0.1, 0.15) is 37.0 Å². The van der Waals surface area contributed by atoms with Crippen LogP contribution in [0.4, 0.5) is 4.79 Å². The lowest BCUT2D eigenvalue weighted by Crippen LogP contribution is -2.46. The fourth-order valence-corrected chi connectivity index (χ4v) is 4.99. The molecular formula is C28H35N5O9. The first-order valence-corrected chi connectivity index (χ1v) is 13.6. The minimum absolute atomic E-state index is 0.0642. The number of aromatic nitrogens is 2. The zero-order valence-electron chi connectivity index (χ0n) is 23.6. The van der Waals surface area contributed by atoms with Crippen molar-refractivity contribution in [2.75, 3.05) is 13.7 Å². The lowest BCUT2D eigenvalue weighted by Gasteiger charge is -2.27.